The summed E-state index contributed by atoms with van der Waals surface area (Å²) < 4.78 is 0. The molecule has 1 aliphatic rings. The maximum Gasteiger partial charge on any atom is 0.0617 e. The first-order valence-electron chi connectivity index (χ1n) is 7.93. The number of benzene rings is 2. The van der Waals surface area contributed by atoms with Gasteiger partial charge in [0.05, 0.1) is 19.8 Å². The van der Waals surface area contributed by atoms with Crippen LogP contribution in [0.15, 0.2) is 60.7 Å². The van der Waals surface area contributed by atoms with E-state index in [4.69, 9.17) is 0 Å². The molecule has 0 unspecified atom stereocenters. The lowest BCUT2D eigenvalue weighted by Gasteiger charge is -2.13. The number of nitrogens with zero attached hydrogens (tertiary/aromatic N) is 2. The normalized spacial score (nSPS) is 14.6. The molecular formula is C21H20N2. The zero-order chi connectivity index (χ0) is 15.7. The molecule has 0 spiro atoms. The molecule has 114 valence electrons. The molecule has 1 heterocycles. The first-order chi connectivity index (χ1) is 11.4. The fraction of sp³-hybridized carbons (Fsp3) is 0.238. The predicted molar refractivity (Wildman–Crippen MR) is 94.7 cm³/mol. The minimum absolute atomic E-state index is 0.817. The Morgan fingerprint density at radius 3 is 1.52 bits per heavy atom. The van der Waals surface area contributed by atoms with E-state index in [0.29, 0.717) is 0 Å². The third-order valence-corrected chi connectivity index (χ3v) is 3.75. The van der Waals surface area contributed by atoms with Gasteiger partial charge in [-0.05, 0) is 24.3 Å². The van der Waals surface area contributed by atoms with Crippen LogP contribution in [0.3, 0.4) is 0 Å². The highest BCUT2D eigenvalue weighted by atomic mass is 15.4. The van der Waals surface area contributed by atoms with E-state index >= 15 is 0 Å². The molecule has 0 aromatic heterocycles. The summed E-state index contributed by atoms with van der Waals surface area (Å²) in [7, 11) is 0. The second-order valence-electron chi connectivity index (χ2n) is 5.58. The fourth-order valence-electron chi connectivity index (χ4n) is 2.51. The first-order valence-corrected chi connectivity index (χ1v) is 7.93. The fourth-order valence-corrected chi connectivity index (χ4v) is 2.51. The monoisotopic (exact) mass is 300 g/mol. The van der Waals surface area contributed by atoms with E-state index in [9.17, 15) is 0 Å². The maximum atomic E-state index is 3.26. The summed E-state index contributed by atoms with van der Waals surface area (Å²) in [5.41, 5.74) is 2.16. The Morgan fingerprint density at radius 2 is 1.09 bits per heavy atom. The molecule has 0 N–H and O–H groups in total. The van der Waals surface area contributed by atoms with Gasteiger partial charge in [0.2, 0.25) is 0 Å². The zero-order valence-electron chi connectivity index (χ0n) is 13.2. The number of rotatable bonds is 2. The van der Waals surface area contributed by atoms with Gasteiger partial charge in [-0.3, -0.25) is 9.80 Å². The van der Waals surface area contributed by atoms with Crippen molar-refractivity contribution in [2.75, 3.05) is 32.8 Å². The molecule has 2 nitrogen and oxygen atoms in total. The zero-order valence-corrected chi connectivity index (χ0v) is 13.2. The van der Waals surface area contributed by atoms with Crippen molar-refractivity contribution in [3.05, 3.63) is 71.8 Å². The largest absolute Gasteiger partial charge is 0.278 e. The molecule has 0 bridgehead atoms. The molecule has 0 aliphatic carbocycles. The molecule has 0 amide bonds. The highest BCUT2D eigenvalue weighted by molar-refractivity contribution is 5.34. The summed E-state index contributed by atoms with van der Waals surface area (Å²) in [6.45, 7) is 4.72. The van der Waals surface area contributed by atoms with Gasteiger partial charge in [0, 0.05) is 24.2 Å². The predicted octanol–water partition coefficient (Wildman–Crippen LogP) is 2.66. The third-order valence-electron chi connectivity index (χ3n) is 3.75. The molecule has 3 rings (SSSR count). The van der Waals surface area contributed by atoms with Crippen LogP contribution in [-0.4, -0.2) is 42.6 Å². The Hall–Kier alpha value is -2.52. The van der Waals surface area contributed by atoms with Crippen molar-refractivity contribution >= 4 is 0 Å². The topological polar surface area (TPSA) is 6.48 Å². The van der Waals surface area contributed by atoms with Crippen molar-refractivity contribution < 1.29 is 0 Å². The van der Waals surface area contributed by atoms with Crippen LogP contribution in [0.25, 0.3) is 0 Å². The van der Waals surface area contributed by atoms with E-state index < -0.39 is 0 Å². The van der Waals surface area contributed by atoms with Crippen molar-refractivity contribution in [2.24, 2.45) is 0 Å². The summed E-state index contributed by atoms with van der Waals surface area (Å²) in [6.07, 6.45) is 0. The highest BCUT2D eigenvalue weighted by Crippen LogP contribution is 2.03. The second-order valence-corrected chi connectivity index (χ2v) is 5.58. The van der Waals surface area contributed by atoms with Crippen molar-refractivity contribution in [1.29, 1.82) is 0 Å². The third kappa shape index (κ3) is 5.01. The van der Waals surface area contributed by atoms with Gasteiger partial charge in [0.15, 0.2) is 0 Å². The lowest BCUT2D eigenvalue weighted by molar-refractivity contribution is 0.284. The minimum Gasteiger partial charge on any atom is -0.278 e. The van der Waals surface area contributed by atoms with Crippen LogP contribution in [0.4, 0.5) is 0 Å². The molecule has 0 saturated carbocycles. The average molecular weight is 300 g/mol. The Kier molecular flexibility index (Phi) is 5.48. The van der Waals surface area contributed by atoms with E-state index in [2.05, 4.69) is 33.5 Å². The summed E-state index contributed by atoms with van der Waals surface area (Å²) in [5, 5.41) is 0. The molecule has 1 aliphatic heterocycles. The second kappa shape index (κ2) is 8.20. The van der Waals surface area contributed by atoms with Crippen LogP contribution in [0.5, 0.6) is 0 Å². The molecule has 1 saturated heterocycles. The summed E-state index contributed by atoms with van der Waals surface area (Å²) >= 11 is 0. The summed E-state index contributed by atoms with van der Waals surface area (Å²) in [5.74, 6) is 12.9. The molecule has 23 heavy (non-hydrogen) atoms. The van der Waals surface area contributed by atoms with E-state index in [1.165, 1.54) is 0 Å². The number of hydrogen-bond acceptors (Lipinski definition) is 2. The van der Waals surface area contributed by atoms with Gasteiger partial charge in [-0.25, -0.2) is 0 Å². The summed E-state index contributed by atoms with van der Waals surface area (Å²) in [4.78, 5) is 4.72. The summed E-state index contributed by atoms with van der Waals surface area (Å²) in [6, 6.07) is 20.3. The van der Waals surface area contributed by atoms with Gasteiger partial charge in [0.25, 0.3) is 0 Å². The van der Waals surface area contributed by atoms with E-state index in [-0.39, 0.29) is 0 Å². The van der Waals surface area contributed by atoms with Gasteiger partial charge in [0.1, 0.15) is 0 Å². The quantitative estimate of drug-likeness (QED) is 0.787. The lowest BCUT2D eigenvalue weighted by atomic mass is 10.2. The molecule has 2 heteroatoms. The lowest BCUT2D eigenvalue weighted by Crippen LogP contribution is -2.26. The van der Waals surface area contributed by atoms with Crippen LogP contribution in [0, 0.1) is 23.7 Å². The van der Waals surface area contributed by atoms with E-state index in [0.717, 1.165) is 44.0 Å². The highest BCUT2D eigenvalue weighted by Gasteiger charge is 2.17. The van der Waals surface area contributed by atoms with Crippen molar-refractivity contribution in [3.8, 4) is 23.7 Å². The standard InChI is InChI=1S/C21H20N2/c1-3-9-20(10-4-1)13-7-15-22-17-18-23(19-22)16-8-14-21-11-5-2-6-12-21/h1-6,9-12H,15-19H2. The van der Waals surface area contributed by atoms with Crippen molar-refractivity contribution in [2.45, 2.75) is 0 Å². The average Bonchev–Trinajstić information content (AvgIpc) is 3.05. The molecule has 2 aromatic rings. The van der Waals surface area contributed by atoms with Crippen LogP contribution in [0.2, 0.25) is 0 Å². The van der Waals surface area contributed by atoms with Gasteiger partial charge < -0.3 is 0 Å². The van der Waals surface area contributed by atoms with Gasteiger partial charge in [-0.1, -0.05) is 60.1 Å². The SMILES string of the molecule is C(#Cc1ccccc1)CN1CCN(CC#Cc2ccccc2)C1. The van der Waals surface area contributed by atoms with E-state index in [1.54, 1.807) is 0 Å². The van der Waals surface area contributed by atoms with Crippen LogP contribution < -0.4 is 0 Å². The number of hydrogen-bond donors (Lipinski definition) is 0. The van der Waals surface area contributed by atoms with Gasteiger partial charge in [-0.2, -0.15) is 0 Å². The Morgan fingerprint density at radius 1 is 0.652 bits per heavy atom. The van der Waals surface area contributed by atoms with Gasteiger partial charge in [-0.15, -0.1) is 0 Å². The maximum absolute atomic E-state index is 3.26. The van der Waals surface area contributed by atoms with Crippen LogP contribution in [-0.2, 0) is 0 Å². The molecule has 1 fully saturated rings. The first kappa shape index (κ1) is 15.4. The van der Waals surface area contributed by atoms with Crippen LogP contribution >= 0.6 is 0 Å². The molecule has 0 radical (unpaired) electrons. The Balaban J connectivity index is 1.44. The molecule has 0 atom stereocenters. The smallest absolute Gasteiger partial charge is 0.0617 e. The minimum atomic E-state index is 0.817. The van der Waals surface area contributed by atoms with Crippen molar-refractivity contribution in [1.82, 2.24) is 9.80 Å². The van der Waals surface area contributed by atoms with E-state index in [1.807, 2.05) is 60.7 Å². The van der Waals surface area contributed by atoms with Crippen LogP contribution in [0.1, 0.15) is 11.1 Å². The van der Waals surface area contributed by atoms with Crippen molar-refractivity contribution in [3.63, 3.8) is 0 Å². The van der Waals surface area contributed by atoms with Gasteiger partial charge >= 0.3 is 0 Å². The Labute approximate surface area is 138 Å². The molecule has 2 aromatic carbocycles. The molecular weight excluding hydrogens is 280 g/mol. The Bertz CT molecular complexity index is 664.